The van der Waals surface area contributed by atoms with E-state index < -0.39 is 5.41 Å². The van der Waals surface area contributed by atoms with E-state index in [1.165, 1.54) is 6.20 Å². The van der Waals surface area contributed by atoms with Crippen LogP contribution in [0.2, 0.25) is 0 Å². The van der Waals surface area contributed by atoms with Crippen LogP contribution in [0.5, 0.6) is 0 Å². The van der Waals surface area contributed by atoms with E-state index in [4.69, 9.17) is 15.0 Å². The summed E-state index contributed by atoms with van der Waals surface area (Å²) in [6.07, 6.45) is 2.60. The van der Waals surface area contributed by atoms with Gasteiger partial charge < -0.3 is 25.6 Å². The van der Waals surface area contributed by atoms with E-state index in [0.717, 1.165) is 0 Å². The quantitative estimate of drug-likeness (QED) is 0.751. The Morgan fingerprint density at radius 3 is 2.31 bits per heavy atom. The van der Waals surface area contributed by atoms with Crippen molar-refractivity contribution in [2.75, 3.05) is 30.4 Å². The fraction of sp³-hybridized carbons (Fsp3) is 0.389. The summed E-state index contributed by atoms with van der Waals surface area (Å²) in [6, 6.07) is 6.90. The molecular weight excluding hydrogens is 336 g/mol. The van der Waals surface area contributed by atoms with Gasteiger partial charge in [0.25, 0.3) is 5.91 Å². The number of aromatic nitrogens is 1. The minimum absolute atomic E-state index is 0.0971. The van der Waals surface area contributed by atoms with E-state index in [1.54, 1.807) is 31.2 Å². The molecule has 2 heterocycles. The zero-order valence-electron chi connectivity index (χ0n) is 14.6. The Hall–Kier alpha value is -2.71. The SMILES string of the molecule is Cc1oncc1C(=O)Nc1ccc(NC(=O)C2(CN)CCOCC2)cc1. The number of hydrogen-bond acceptors (Lipinski definition) is 6. The van der Waals surface area contributed by atoms with Crippen molar-refractivity contribution in [1.29, 1.82) is 0 Å². The van der Waals surface area contributed by atoms with Gasteiger partial charge in [-0.3, -0.25) is 9.59 Å². The van der Waals surface area contributed by atoms with Crippen LogP contribution in [0.3, 0.4) is 0 Å². The molecule has 0 atom stereocenters. The first-order valence-corrected chi connectivity index (χ1v) is 8.46. The zero-order chi connectivity index (χ0) is 18.6. The average molecular weight is 358 g/mol. The Labute approximate surface area is 151 Å². The highest BCUT2D eigenvalue weighted by Gasteiger charge is 2.38. The third-order valence-corrected chi connectivity index (χ3v) is 4.72. The largest absolute Gasteiger partial charge is 0.381 e. The van der Waals surface area contributed by atoms with E-state index >= 15 is 0 Å². The maximum absolute atomic E-state index is 12.6. The normalized spacial score (nSPS) is 16.1. The number of anilines is 2. The van der Waals surface area contributed by atoms with E-state index in [9.17, 15) is 9.59 Å². The van der Waals surface area contributed by atoms with Crippen LogP contribution in [0.25, 0.3) is 0 Å². The Bertz CT molecular complexity index is 779. The van der Waals surface area contributed by atoms with E-state index in [1.807, 2.05) is 0 Å². The zero-order valence-corrected chi connectivity index (χ0v) is 14.6. The van der Waals surface area contributed by atoms with Crippen LogP contribution in [0.15, 0.2) is 35.0 Å². The maximum atomic E-state index is 12.6. The number of amides is 2. The maximum Gasteiger partial charge on any atom is 0.260 e. The summed E-state index contributed by atoms with van der Waals surface area (Å²) in [4.78, 5) is 24.8. The van der Waals surface area contributed by atoms with Gasteiger partial charge in [-0.25, -0.2) is 0 Å². The number of aryl methyl sites for hydroxylation is 1. The molecule has 0 bridgehead atoms. The topological polar surface area (TPSA) is 119 Å². The van der Waals surface area contributed by atoms with Gasteiger partial charge in [-0.05, 0) is 44.0 Å². The third-order valence-electron chi connectivity index (χ3n) is 4.72. The molecule has 1 aromatic carbocycles. The number of rotatable bonds is 5. The summed E-state index contributed by atoms with van der Waals surface area (Å²) in [7, 11) is 0. The van der Waals surface area contributed by atoms with Gasteiger partial charge in [-0.15, -0.1) is 0 Å². The lowest BCUT2D eigenvalue weighted by Crippen LogP contribution is -2.46. The number of hydrogen-bond donors (Lipinski definition) is 3. The molecule has 4 N–H and O–H groups in total. The molecule has 1 aromatic heterocycles. The summed E-state index contributed by atoms with van der Waals surface area (Å²) in [5.74, 6) is 0.0555. The number of nitrogens with two attached hydrogens (primary N) is 1. The summed E-state index contributed by atoms with van der Waals surface area (Å²) in [5, 5.41) is 9.26. The van der Waals surface area contributed by atoms with Gasteiger partial charge in [0.15, 0.2) is 0 Å². The number of carbonyl (C=O) groups is 2. The van der Waals surface area contributed by atoms with Crippen LogP contribution in [-0.2, 0) is 9.53 Å². The van der Waals surface area contributed by atoms with Crippen LogP contribution < -0.4 is 16.4 Å². The van der Waals surface area contributed by atoms with Gasteiger partial charge in [0.1, 0.15) is 11.3 Å². The predicted molar refractivity (Wildman–Crippen MR) is 95.8 cm³/mol. The molecule has 26 heavy (non-hydrogen) atoms. The molecule has 3 rings (SSSR count). The minimum atomic E-state index is -0.586. The van der Waals surface area contributed by atoms with Crippen molar-refractivity contribution in [3.8, 4) is 0 Å². The van der Waals surface area contributed by atoms with E-state index in [2.05, 4.69) is 15.8 Å². The highest BCUT2D eigenvalue weighted by molar-refractivity contribution is 6.04. The molecule has 1 aliphatic heterocycles. The third kappa shape index (κ3) is 3.76. The van der Waals surface area contributed by atoms with Gasteiger partial charge in [0.2, 0.25) is 5.91 Å². The summed E-state index contributed by atoms with van der Waals surface area (Å²) in [5.41, 5.74) is 6.90. The van der Waals surface area contributed by atoms with Crippen LogP contribution in [0.1, 0.15) is 29.0 Å². The van der Waals surface area contributed by atoms with E-state index in [0.29, 0.717) is 48.8 Å². The summed E-state index contributed by atoms with van der Waals surface area (Å²) >= 11 is 0. The molecule has 2 amide bonds. The number of nitrogens with zero attached hydrogens (tertiary/aromatic N) is 1. The lowest BCUT2D eigenvalue weighted by atomic mass is 9.79. The molecule has 0 radical (unpaired) electrons. The number of carbonyl (C=O) groups excluding carboxylic acids is 2. The second kappa shape index (κ2) is 7.67. The average Bonchev–Trinajstić information content (AvgIpc) is 3.10. The molecule has 1 aliphatic rings. The molecular formula is C18H22N4O4. The highest BCUT2D eigenvalue weighted by Crippen LogP contribution is 2.31. The van der Waals surface area contributed by atoms with Gasteiger partial charge >= 0.3 is 0 Å². The van der Waals surface area contributed by atoms with Crippen molar-refractivity contribution < 1.29 is 18.8 Å². The fourth-order valence-corrected chi connectivity index (χ4v) is 2.90. The Balaban J connectivity index is 1.63. The first kappa shape index (κ1) is 18.1. The van der Waals surface area contributed by atoms with Crippen LogP contribution in [-0.4, -0.2) is 36.7 Å². The minimum Gasteiger partial charge on any atom is -0.381 e. The lowest BCUT2D eigenvalue weighted by molar-refractivity contribution is -0.130. The van der Waals surface area contributed by atoms with Gasteiger partial charge in [0.05, 0.1) is 11.6 Å². The molecule has 2 aromatic rings. The van der Waals surface area contributed by atoms with Crippen molar-refractivity contribution in [2.45, 2.75) is 19.8 Å². The Morgan fingerprint density at radius 2 is 1.77 bits per heavy atom. The van der Waals surface area contributed by atoms with Crippen molar-refractivity contribution in [2.24, 2.45) is 11.1 Å². The molecule has 0 spiro atoms. The smallest absolute Gasteiger partial charge is 0.260 e. The van der Waals surface area contributed by atoms with Crippen molar-refractivity contribution in [3.63, 3.8) is 0 Å². The standard InChI is InChI=1S/C18H22N4O4/c1-12-15(10-20-26-12)16(23)21-13-2-4-14(5-3-13)22-17(24)18(11-19)6-8-25-9-7-18/h2-5,10H,6-9,11,19H2,1H3,(H,21,23)(H,22,24). The number of benzene rings is 1. The van der Waals surface area contributed by atoms with Crippen molar-refractivity contribution >= 4 is 23.2 Å². The number of nitrogens with one attached hydrogen (secondary N) is 2. The molecule has 8 nitrogen and oxygen atoms in total. The second-order valence-electron chi connectivity index (χ2n) is 6.38. The van der Waals surface area contributed by atoms with Crippen molar-refractivity contribution in [1.82, 2.24) is 5.16 Å². The molecule has 1 fully saturated rings. The predicted octanol–water partition coefficient (Wildman–Crippen LogP) is 1.93. The second-order valence-corrected chi connectivity index (χ2v) is 6.38. The molecule has 1 saturated heterocycles. The first-order chi connectivity index (χ1) is 12.5. The Kier molecular flexibility index (Phi) is 5.34. The van der Waals surface area contributed by atoms with Gasteiger partial charge in [0, 0.05) is 31.1 Å². The molecule has 0 aliphatic carbocycles. The van der Waals surface area contributed by atoms with Gasteiger partial charge in [-0.2, -0.15) is 0 Å². The Morgan fingerprint density at radius 1 is 1.15 bits per heavy atom. The summed E-state index contributed by atoms with van der Waals surface area (Å²) in [6.45, 7) is 3.04. The van der Waals surface area contributed by atoms with Crippen LogP contribution in [0.4, 0.5) is 11.4 Å². The molecule has 0 saturated carbocycles. The van der Waals surface area contributed by atoms with Crippen LogP contribution >= 0.6 is 0 Å². The number of ether oxygens (including phenoxy) is 1. The van der Waals surface area contributed by atoms with Crippen molar-refractivity contribution in [3.05, 3.63) is 41.8 Å². The van der Waals surface area contributed by atoms with Gasteiger partial charge in [-0.1, -0.05) is 5.16 Å². The molecule has 138 valence electrons. The fourth-order valence-electron chi connectivity index (χ4n) is 2.90. The summed E-state index contributed by atoms with van der Waals surface area (Å²) < 4.78 is 10.2. The first-order valence-electron chi connectivity index (χ1n) is 8.46. The monoisotopic (exact) mass is 358 g/mol. The molecule has 8 heteroatoms. The molecule has 0 unspecified atom stereocenters. The lowest BCUT2D eigenvalue weighted by Gasteiger charge is -2.34. The highest BCUT2D eigenvalue weighted by atomic mass is 16.5. The van der Waals surface area contributed by atoms with E-state index in [-0.39, 0.29) is 18.4 Å². The van der Waals surface area contributed by atoms with Crippen LogP contribution in [0, 0.1) is 12.3 Å².